The van der Waals surface area contributed by atoms with Crippen LogP contribution in [0.4, 0.5) is 13.2 Å². The summed E-state index contributed by atoms with van der Waals surface area (Å²) in [6, 6.07) is 11.5. The lowest BCUT2D eigenvalue weighted by Crippen LogP contribution is -2.28. The number of rotatable bonds is 6. The van der Waals surface area contributed by atoms with Crippen LogP contribution < -0.4 is 5.32 Å². The van der Waals surface area contributed by atoms with Gasteiger partial charge in [0, 0.05) is 6.54 Å². The van der Waals surface area contributed by atoms with Crippen molar-refractivity contribution >= 4 is 11.9 Å². The zero-order chi connectivity index (χ0) is 19.2. The number of carbonyl (C=O) groups excluding carboxylic acids is 2. The van der Waals surface area contributed by atoms with Gasteiger partial charge in [-0.05, 0) is 41.8 Å². The van der Waals surface area contributed by atoms with Gasteiger partial charge in [-0.2, -0.15) is 13.2 Å². The summed E-state index contributed by atoms with van der Waals surface area (Å²) in [5, 5.41) is 2.42. The number of aryl methyl sites for hydroxylation is 1. The number of hydrogen-bond donors (Lipinski definition) is 1. The van der Waals surface area contributed by atoms with Crippen molar-refractivity contribution in [2.24, 2.45) is 0 Å². The second kappa shape index (κ2) is 8.51. The second-order valence-corrected chi connectivity index (χ2v) is 5.60. The molecule has 0 atom stereocenters. The van der Waals surface area contributed by atoms with Gasteiger partial charge in [-0.3, -0.25) is 4.79 Å². The van der Waals surface area contributed by atoms with Gasteiger partial charge in [0.25, 0.3) is 5.91 Å². The van der Waals surface area contributed by atoms with E-state index in [9.17, 15) is 22.8 Å². The highest BCUT2D eigenvalue weighted by Crippen LogP contribution is 2.29. The molecular weight excluding hydrogens is 347 g/mol. The molecule has 4 nitrogen and oxygen atoms in total. The van der Waals surface area contributed by atoms with Crippen LogP contribution in [-0.4, -0.2) is 18.5 Å². The smallest absolute Gasteiger partial charge is 0.416 e. The normalized spacial score (nSPS) is 11.1. The van der Waals surface area contributed by atoms with Crippen molar-refractivity contribution in [2.45, 2.75) is 26.1 Å². The van der Waals surface area contributed by atoms with Crippen molar-refractivity contribution in [1.82, 2.24) is 5.32 Å². The van der Waals surface area contributed by atoms with Crippen molar-refractivity contribution in [3.8, 4) is 0 Å². The number of amides is 1. The molecule has 2 aromatic carbocycles. The lowest BCUT2D eigenvalue weighted by atomic mass is 10.1. The maximum atomic E-state index is 12.6. The Morgan fingerprint density at radius 2 is 1.73 bits per heavy atom. The van der Waals surface area contributed by atoms with Gasteiger partial charge in [0.05, 0.1) is 11.1 Å². The van der Waals surface area contributed by atoms with Crippen molar-refractivity contribution in [1.29, 1.82) is 0 Å². The van der Waals surface area contributed by atoms with Crippen LogP contribution in [0, 0.1) is 0 Å². The highest BCUT2D eigenvalue weighted by molar-refractivity contribution is 5.91. The fourth-order valence-electron chi connectivity index (χ4n) is 2.20. The molecule has 0 spiro atoms. The Morgan fingerprint density at radius 3 is 2.35 bits per heavy atom. The van der Waals surface area contributed by atoms with E-state index in [4.69, 9.17) is 4.74 Å². The highest BCUT2D eigenvalue weighted by Gasteiger charge is 2.30. The molecule has 7 heteroatoms. The summed E-state index contributed by atoms with van der Waals surface area (Å²) >= 11 is 0. The Labute approximate surface area is 149 Å². The molecule has 138 valence electrons. The number of halogens is 3. The van der Waals surface area contributed by atoms with Crippen LogP contribution in [0.5, 0.6) is 0 Å². The Hall–Kier alpha value is -2.83. The predicted molar refractivity (Wildman–Crippen MR) is 89.4 cm³/mol. The first-order valence-corrected chi connectivity index (χ1v) is 7.98. The first kappa shape index (κ1) is 19.5. The maximum absolute atomic E-state index is 12.6. The molecule has 0 radical (unpaired) electrons. The van der Waals surface area contributed by atoms with E-state index in [1.54, 1.807) is 24.3 Å². The third-order valence-corrected chi connectivity index (χ3v) is 3.68. The van der Waals surface area contributed by atoms with E-state index in [-0.39, 0.29) is 6.54 Å². The van der Waals surface area contributed by atoms with E-state index in [2.05, 4.69) is 5.32 Å². The van der Waals surface area contributed by atoms with Crippen LogP contribution >= 0.6 is 0 Å². The third-order valence-electron chi connectivity index (χ3n) is 3.68. The molecule has 0 aromatic heterocycles. The van der Waals surface area contributed by atoms with Gasteiger partial charge in [0.15, 0.2) is 6.61 Å². The zero-order valence-electron chi connectivity index (χ0n) is 14.1. The minimum Gasteiger partial charge on any atom is -0.452 e. The van der Waals surface area contributed by atoms with Crippen LogP contribution in [0.15, 0.2) is 48.5 Å². The Balaban J connectivity index is 1.82. The summed E-state index contributed by atoms with van der Waals surface area (Å²) in [6.07, 6.45) is -3.60. The van der Waals surface area contributed by atoms with Gasteiger partial charge in [-0.1, -0.05) is 31.2 Å². The van der Waals surface area contributed by atoms with Gasteiger partial charge in [0.1, 0.15) is 0 Å². The molecule has 0 saturated carbocycles. The summed E-state index contributed by atoms with van der Waals surface area (Å²) in [5.74, 6) is -1.23. The number of hydrogen-bond acceptors (Lipinski definition) is 3. The molecule has 0 aliphatic rings. The van der Waals surface area contributed by atoms with Crippen molar-refractivity contribution < 1.29 is 27.5 Å². The summed E-state index contributed by atoms with van der Waals surface area (Å²) in [4.78, 5) is 23.6. The van der Waals surface area contributed by atoms with E-state index in [0.717, 1.165) is 24.1 Å². The van der Waals surface area contributed by atoms with Crippen molar-refractivity contribution in [3.63, 3.8) is 0 Å². The van der Waals surface area contributed by atoms with Crippen LogP contribution in [-0.2, 0) is 28.7 Å². The minimum absolute atomic E-state index is 0.0918. The first-order valence-electron chi connectivity index (χ1n) is 7.98. The lowest BCUT2D eigenvalue weighted by molar-refractivity contribution is -0.137. The van der Waals surface area contributed by atoms with Gasteiger partial charge in [-0.15, -0.1) is 0 Å². The van der Waals surface area contributed by atoms with Crippen LogP contribution in [0.25, 0.3) is 0 Å². The molecule has 0 unspecified atom stereocenters. The highest BCUT2D eigenvalue weighted by atomic mass is 19.4. The molecule has 0 bridgehead atoms. The van der Waals surface area contributed by atoms with Crippen molar-refractivity contribution in [2.75, 3.05) is 6.61 Å². The monoisotopic (exact) mass is 365 g/mol. The van der Waals surface area contributed by atoms with Gasteiger partial charge in [-0.25, -0.2) is 4.79 Å². The summed E-state index contributed by atoms with van der Waals surface area (Å²) < 4.78 is 42.8. The first-order chi connectivity index (χ1) is 12.3. The maximum Gasteiger partial charge on any atom is 0.416 e. The average molecular weight is 365 g/mol. The van der Waals surface area contributed by atoms with Crippen LogP contribution in [0.3, 0.4) is 0 Å². The molecule has 0 heterocycles. The van der Waals surface area contributed by atoms with E-state index in [1.165, 1.54) is 12.1 Å². The SMILES string of the molecule is CCc1ccc(C(=O)OCC(=O)NCc2cccc(C(F)(F)F)c2)cc1. The number of carbonyl (C=O) groups is 2. The zero-order valence-corrected chi connectivity index (χ0v) is 14.1. The number of benzene rings is 2. The summed E-state index contributed by atoms with van der Waals surface area (Å²) in [7, 11) is 0. The number of nitrogens with one attached hydrogen (secondary N) is 1. The minimum atomic E-state index is -4.44. The number of esters is 1. The lowest BCUT2D eigenvalue weighted by Gasteiger charge is -2.10. The molecule has 0 aliphatic heterocycles. The van der Waals surface area contributed by atoms with E-state index in [0.29, 0.717) is 11.1 Å². The number of alkyl halides is 3. The molecule has 2 rings (SSSR count). The fraction of sp³-hybridized carbons (Fsp3) is 0.263. The van der Waals surface area contributed by atoms with E-state index < -0.39 is 30.2 Å². The summed E-state index contributed by atoms with van der Waals surface area (Å²) in [6.45, 7) is 1.39. The summed E-state index contributed by atoms with van der Waals surface area (Å²) in [5.41, 5.74) is 0.911. The molecule has 2 aromatic rings. The fourth-order valence-corrected chi connectivity index (χ4v) is 2.20. The third kappa shape index (κ3) is 5.61. The van der Waals surface area contributed by atoms with Gasteiger partial charge in [0.2, 0.25) is 0 Å². The molecule has 26 heavy (non-hydrogen) atoms. The van der Waals surface area contributed by atoms with Crippen molar-refractivity contribution in [3.05, 3.63) is 70.8 Å². The van der Waals surface area contributed by atoms with Gasteiger partial charge >= 0.3 is 12.1 Å². The molecule has 0 saturated heterocycles. The molecule has 1 amide bonds. The Morgan fingerprint density at radius 1 is 1.04 bits per heavy atom. The molecule has 1 N–H and O–H groups in total. The number of ether oxygens (including phenoxy) is 1. The topological polar surface area (TPSA) is 55.4 Å². The largest absolute Gasteiger partial charge is 0.452 e. The molecular formula is C19H18F3NO3. The predicted octanol–water partition coefficient (Wildman–Crippen LogP) is 3.74. The Bertz CT molecular complexity index is 770. The average Bonchev–Trinajstić information content (AvgIpc) is 2.64. The van der Waals surface area contributed by atoms with Gasteiger partial charge < -0.3 is 10.1 Å². The van der Waals surface area contributed by atoms with E-state index >= 15 is 0 Å². The standard InChI is InChI=1S/C19H18F3NO3/c1-2-13-6-8-15(9-7-13)18(25)26-12-17(24)23-11-14-4-3-5-16(10-14)19(20,21)22/h3-10H,2,11-12H2,1H3,(H,23,24). The molecule has 0 aliphatic carbocycles. The molecule has 0 fully saturated rings. The van der Waals surface area contributed by atoms with Crippen LogP contribution in [0.1, 0.15) is 34.0 Å². The van der Waals surface area contributed by atoms with Crippen LogP contribution in [0.2, 0.25) is 0 Å². The Kier molecular flexibility index (Phi) is 6.38. The van der Waals surface area contributed by atoms with E-state index in [1.807, 2.05) is 6.92 Å². The quantitative estimate of drug-likeness (QED) is 0.794. The second-order valence-electron chi connectivity index (χ2n) is 5.60.